The van der Waals surface area contributed by atoms with Gasteiger partial charge in [-0.25, -0.2) is 4.98 Å². The van der Waals surface area contributed by atoms with Gasteiger partial charge >= 0.3 is 5.91 Å². The minimum absolute atomic E-state index is 0.0142. The van der Waals surface area contributed by atoms with Crippen LogP contribution in [-0.2, 0) is 9.59 Å². The fraction of sp³-hybridized carbons (Fsp3) is 0.148. The van der Waals surface area contributed by atoms with E-state index in [2.05, 4.69) is 4.98 Å². The summed E-state index contributed by atoms with van der Waals surface area (Å²) in [6.07, 6.45) is 0. The molecule has 35 heavy (non-hydrogen) atoms. The highest BCUT2D eigenvalue weighted by Crippen LogP contribution is 2.44. The number of fused-ring (bicyclic) bond motifs is 1. The van der Waals surface area contributed by atoms with E-state index in [9.17, 15) is 14.7 Å². The number of hydrogen-bond acceptors (Lipinski definition) is 6. The molecule has 1 unspecified atom stereocenters. The summed E-state index contributed by atoms with van der Waals surface area (Å²) in [5.41, 5.74) is 2.83. The second kappa shape index (κ2) is 9.17. The second-order valence-electron chi connectivity index (χ2n) is 8.15. The van der Waals surface area contributed by atoms with E-state index in [0.29, 0.717) is 39.2 Å². The van der Waals surface area contributed by atoms with E-state index in [4.69, 9.17) is 16.3 Å². The predicted octanol–water partition coefficient (Wildman–Crippen LogP) is 6.28. The number of thiazole rings is 1. The van der Waals surface area contributed by atoms with Gasteiger partial charge in [-0.1, -0.05) is 52.8 Å². The Morgan fingerprint density at radius 1 is 1.09 bits per heavy atom. The quantitative estimate of drug-likeness (QED) is 0.196. The first kappa shape index (κ1) is 23.1. The summed E-state index contributed by atoms with van der Waals surface area (Å²) in [6.45, 7) is 4.35. The molecule has 1 N–H and O–H groups in total. The standard InChI is InChI=1S/C27H21ClN2O4S/c1-3-34-19-11-8-17(9-12-19)24(31)22-23(16-6-4-15(2)5-7-16)30(26(33)25(22)32)27-29-20-13-10-18(28)14-21(20)35-27/h4-14,23,31H,3H2,1-2H3. The second-order valence-corrected chi connectivity index (χ2v) is 9.59. The van der Waals surface area contributed by atoms with Crippen LogP contribution in [0.3, 0.4) is 0 Å². The molecule has 5 rings (SSSR count). The maximum Gasteiger partial charge on any atom is 0.301 e. The lowest BCUT2D eigenvalue weighted by molar-refractivity contribution is -0.132. The maximum atomic E-state index is 13.3. The number of aromatic nitrogens is 1. The van der Waals surface area contributed by atoms with Crippen LogP contribution in [0.1, 0.15) is 29.7 Å². The van der Waals surface area contributed by atoms with Gasteiger partial charge in [0, 0.05) is 10.6 Å². The Morgan fingerprint density at radius 3 is 2.49 bits per heavy atom. The molecular weight excluding hydrogens is 484 g/mol. The zero-order chi connectivity index (χ0) is 24.7. The Kier molecular flexibility index (Phi) is 6.05. The zero-order valence-corrected chi connectivity index (χ0v) is 20.6. The van der Waals surface area contributed by atoms with Gasteiger partial charge in [-0.3, -0.25) is 14.5 Å². The number of aliphatic hydroxyl groups excluding tert-OH is 1. The number of benzene rings is 3. The van der Waals surface area contributed by atoms with Gasteiger partial charge < -0.3 is 9.84 Å². The molecule has 1 aromatic heterocycles. The number of hydrogen-bond donors (Lipinski definition) is 1. The average molecular weight is 505 g/mol. The van der Waals surface area contributed by atoms with Crippen LogP contribution in [0.5, 0.6) is 5.75 Å². The molecule has 3 aromatic carbocycles. The minimum atomic E-state index is -0.835. The molecule has 1 amide bonds. The molecule has 1 fully saturated rings. The third-order valence-electron chi connectivity index (χ3n) is 5.82. The number of carbonyl (C=O) groups is 2. The Balaban J connectivity index is 1.68. The molecule has 2 heterocycles. The van der Waals surface area contributed by atoms with Crippen LogP contribution in [0.15, 0.2) is 72.3 Å². The summed E-state index contributed by atoms with van der Waals surface area (Å²) in [5.74, 6) is -1.11. The van der Waals surface area contributed by atoms with E-state index in [0.717, 1.165) is 10.3 Å². The fourth-order valence-corrected chi connectivity index (χ4v) is 5.38. The van der Waals surface area contributed by atoms with E-state index in [-0.39, 0.29) is 11.3 Å². The third-order valence-corrected chi connectivity index (χ3v) is 7.07. The van der Waals surface area contributed by atoms with Crippen molar-refractivity contribution in [2.75, 3.05) is 11.5 Å². The molecule has 0 aliphatic carbocycles. The highest BCUT2D eigenvalue weighted by Gasteiger charge is 2.48. The SMILES string of the molecule is CCOc1ccc(C(O)=C2C(=O)C(=O)N(c3nc4ccc(Cl)cc4s3)C2c2ccc(C)cc2)cc1. The molecule has 1 atom stereocenters. The van der Waals surface area contributed by atoms with E-state index < -0.39 is 17.7 Å². The van der Waals surface area contributed by atoms with Crippen molar-refractivity contribution in [2.45, 2.75) is 19.9 Å². The molecule has 0 bridgehead atoms. The van der Waals surface area contributed by atoms with E-state index in [1.807, 2.05) is 38.1 Å². The smallest absolute Gasteiger partial charge is 0.301 e. The van der Waals surface area contributed by atoms with Crippen LogP contribution in [0.25, 0.3) is 16.0 Å². The van der Waals surface area contributed by atoms with Crippen molar-refractivity contribution in [1.82, 2.24) is 4.98 Å². The molecule has 4 aromatic rings. The Bertz CT molecular complexity index is 1480. The van der Waals surface area contributed by atoms with Gasteiger partial charge in [0.25, 0.3) is 5.78 Å². The molecule has 1 aliphatic heterocycles. The lowest BCUT2D eigenvalue weighted by Gasteiger charge is -2.23. The Morgan fingerprint density at radius 2 is 1.80 bits per heavy atom. The van der Waals surface area contributed by atoms with E-state index in [1.54, 1.807) is 42.5 Å². The topological polar surface area (TPSA) is 79.7 Å². The Labute approximate surface area is 211 Å². The lowest BCUT2D eigenvalue weighted by atomic mass is 9.95. The number of amides is 1. The van der Waals surface area contributed by atoms with Crippen molar-refractivity contribution < 1.29 is 19.4 Å². The molecule has 1 aliphatic rings. The van der Waals surface area contributed by atoms with Gasteiger partial charge in [0.2, 0.25) is 0 Å². The van der Waals surface area contributed by atoms with Crippen molar-refractivity contribution in [2.24, 2.45) is 0 Å². The first-order chi connectivity index (χ1) is 16.9. The number of aryl methyl sites for hydroxylation is 1. The van der Waals surface area contributed by atoms with Crippen LogP contribution in [0.2, 0.25) is 5.02 Å². The highest BCUT2D eigenvalue weighted by molar-refractivity contribution is 7.22. The normalized spacial score (nSPS) is 17.3. The van der Waals surface area contributed by atoms with Crippen molar-refractivity contribution in [3.8, 4) is 5.75 Å². The number of ketones is 1. The number of nitrogens with zero attached hydrogens (tertiary/aromatic N) is 2. The van der Waals surface area contributed by atoms with Crippen molar-refractivity contribution >= 4 is 55.7 Å². The average Bonchev–Trinajstić information content (AvgIpc) is 3.37. The Hall–Kier alpha value is -3.68. The number of rotatable bonds is 5. The first-order valence-corrected chi connectivity index (χ1v) is 12.2. The lowest BCUT2D eigenvalue weighted by Crippen LogP contribution is -2.29. The van der Waals surface area contributed by atoms with Gasteiger partial charge in [0.1, 0.15) is 11.5 Å². The van der Waals surface area contributed by atoms with E-state index in [1.165, 1.54) is 16.2 Å². The van der Waals surface area contributed by atoms with Crippen LogP contribution in [0, 0.1) is 6.92 Å². The summed E-state index contributed by atoms with van der Waals surface area (Å²) >= 11 is 7.41. The number of halogens is 1. The fourth-order valence-electron chi connectivity index (χ4n) is 4.11. The van der Waals surface area contributed by atoms with Crippen LogP contribution < -0.4 is 9.64 Å². The molecule has 0 saturated carbocycles. The minimum Gasteiger partial charge on any atom is -0.507 e. The summed E-state index contributed by atoms with van der Waals surface area (Å²) in [7, 11) is 0. The highest BCUT2D eigenvalue weighted by atomic mass is 35.5. The number of ether oxygens (including phenoxy) is 1. The summed E-state index contributed by atoms with van der Waals surface area (Å²) in [6, 6.07) is 18.7. The monoisotopic (exact) mass is 504 g/mol. The van der Waals surface area contributed by atoms with Gasteiger partial charge in [-0.15, -0.1) is 0 Å². The van der Waals surface area contributed by atoms with Gasteiger partial charge in [-0.2, -0.15) is 0 Å². The molecule has 0 spiro atoms. The zero-order valence-electron chi connectivity index (χ0n) is 19.0. The molecule has 176 valence electrons. The summed E-state index contributed by atoms with van der Waals surface area (Å²) < 4.78 is 6.27. The summed E-state index contributed by atoms with van der Waals surface area (Å²) in [4.78, 5) is 32.6. The first-order valence-electron chi connectivity index (χ1n) is 11.0. The van der Waals surface area contributed by atoms with Gasteiger partial charge in [0.05, 0.1) is 28.4 Å². The molecule has 1 saturated heterocycles. The largest absolute Gasteiger partial charge is 0.507 e. The molecule has 8 heteroatoms. The maximum absolute atomic E-state index is 13.3. The van der Waals surface area contributed by atoms with Crippen molar-refractivity contribution in [1.29, 1.82) is 0 Å². The van der Waals surface area contributed by atoms with Crippen molar-refractivity contribution in [3.63, 3.8) is 0 Å². The molecular formula is C27H21ClN2O4S. The van der Waals surface area contributed by atoms with Crippen LogP contribution >= 0.6 is 22.9 Å². The number of anilines is 1. The number of aliphatic hydroxyl groups is 1. The van der Waals surface area contributed by atoms with E-state index >= 15 is 0 Å². The van der Waals surface area contributed by atoms with Gasteiger partial charge in [-0.05, 0) is 61.9 Å². The van der Waals surface area contributed by atoms with Crippen LogP contribution in [0.4, 0.5) is 5.13 Å². The predicted molar refractivity (Wildman–Crippen MR) is 138 cm³/mol. The van der Waals surface area contributed by atoms with Crippen molar-refractivity contribution in [3.05, 3.63) is 94.0 Å². The number of carbonyl (C=O) groups excluding carboxylic acids is 2. The third kappa shape index (κ3) is 4.17. The molecule has 6 nitrogen and oxygen atoms in total. The van der Waals surface area contributed by atoms with Crippen LogP contribution in [-0.4, -0.2) is 28.4 Å². The number of Topliss-reactive ketones (excluding diaryl/α,β-unsaturated/α-hetero) is 1. The molecule has 0 radical (unpaired) electrons. The van der Waals surface area contributed by atoms with Gasteiger partial charge in [0.15, 0.2) is 5.13 Å². The summed E-state index contributed by atoms with van der Waals surface area (Å²) in [5, 5.41) is 12.2.